The van der Waals surface area contributed by atoms with Gasteiger partial charge in [0, 0.05) is 12.2 Å². The van der Waals surface area contributed by atoms with Crippen molar-refractivity contribution in [1.82, 2.24) is 0 Å². The maximum absolute atomic E-state index is 5.23. The third kappa shape index (κ3) is 1.86. The number of nitrogens with two attached hydrogens (primary N) is 1. The third-order valence-electron chi connectivity index (χ3n) is 3.12. The summed E-state index contributed by atoms with van der Waals surface area (Å²) in [5.41, 5.74) is 2.58. The quantitative estimate of drug-likeness (QED) is 0.781. The smallest absolute Gasteiger partial charge is 0.119 e. The number of ether oxygens (including phenoxy) is 1. The molecule has 1 atom stereocenters. The van der Waals surface area contributed by atoms with E-state index >= 15 is 0 Å². The SMILES string of the molecule is CCN1c2ccc(OC)cc2CC1CON. The van der Waals surface area contributed by atoms with Crippen molar-refractivity contribution in [3.8, 4) is 5.75 Å². The number of methoxy groups -OCH3 is 1. The topological polar surface area (TPSA) is 47.7 Å². The van der Waals surface area contributed by atoms with Gasteiger partial charge in [-0.2, -0.15) is 0 Å². The minimum absolute atomic E-state index is 0.345. The largest absolute Gasteiger partial charge is 0.497 e. The normalized spacial score (nSPS) is 18.7. The van der Waals surface area contributed by atoms with Crippen LogP contribution in [0.3, 0.4) is 0 Å². The van der Waals surface area contributed by atoms with Crippen molar-refractivity contribution < 1.29 is 9.57 Å². The van der Waals surface area contributed by atoms with Gasteiger partial charge in [0.15, 0.2) is 0 Å². The van der Waals surface area contributed by atoms with Crippen molar-refractivity contribution in [3.05, 3.63) is 23.8 Å². The fourth-order valence-corrected chi connectivity index (χ4v) is 2.38. The van der Waals surface area contributed by atoms with E-state index in [0.717, 1.165) is 18.7 Å². The lowest BCUT2D eigenvalue weighted by Gasteiger charge is -2.25. The van der Waals surface area contributed by atoms with Gasteiger partial charge >= 0.3 is 0 Å². The molecule has 0 bridgehead atoms. The molecule has 1 aromatic carbocycles. The Morgan fingerprint density at radius 2 is 2.31 bits per heavy atom. The van der Waals surface area contributed by atoms with E-state index in [9.17, 15) is 0 Å². The Hall–Kier alpha value is -1.26. The molecule has 4 nitrogen and oxygen atoms in total. The highest BCUT2D eigenvalue weighted by Gasteiger charge is 2.28. The van der Waals surface area contributed by atoms with Crippen LogP contribution < -0.4 is 15.5 Å². The second-order valence-corrected chi connectivity index (χ2v) is 3.97. The predicted molar refractivity (Wildman–Crippen MR) is 63.6 cm³/mol. The second kappa shape index (κ2) is 4.72. The highest BCUT2D eigenvalue weighted by Crippen LogP contribution is 2.34. The zero-order valence-corrected chi connectivity index (χ0v) is 9.77. The van der Waals surface area contributed by atoms with Crippen LogP contribution >= 0.6 is 0 Å². The highest BCUT2D eigenvalue weighted by atomic mass is 16.6. The Morgan fingerprint density at radius 3 is 2.94 bits per heavy atom. The van der Waals surface area contributed by atoms with E-state index in [0.29, 0.717) is 12.6 Å². The number of fused-ring (bicyclic) bond motifs is 1. The molecule has 1 unspecified atom stereocenters. The van der Waals surface area contributed by atoms with Crippen LogP contribution in [0.25, 0.3) is 0 Å². The average molecular weight is 222 g/mol. The molecule has 0 saturated carbocycles. The highest BCUT2D eigenvalue weighted by molar-refractivity contribution is 5.61. The van der Waals surface area contributed by atoms with Gasteiger partial charge in [0.2, 0.25) is 0 Å². The monoisotopic (exact) mass is 222 g/mol. The lowest BCUT2D eigenvalue weighted by Crippen LogP contribution is -2.36. The minimum Gasteiger partial charge on any atom is -0.497 e. The first-order valence-electron chi connectivity index (χ1n) is 5.55. The van der Waals surface area contributed by atoms with Gasteiger partial charge in [-0.3, -0.25) is 0 Å². The molecule has 0 aromatic heterocycles. The van der Waals surface area contributed by atoms with E-state index in [4.69, 9.17) is 15.5 Å². The summed E-state index contributed by atoms with van der Waals surface area (Å²) in [6.07, 6.45) is 0.970. The summed E-state index contributed by atoms with van der Waals surface area (Å²) in [6.45, 7) is 3.67. The number of likely N-dealkylation sites (N-methyl/N-ethyl adjacent to an activating group) is 1. The summed E-state index contributed by atoms with van der Waals surface area (Å²) in [4.78, 5) is 7.09. The molecule has 1 aliphatic rings. The molecule has 1 aromatic rings. The molecule has 2 N–H and O–H groups in total. The molecule has 4 heteroatoms. The van der Waals surface area contributed by atoms with Crippen LogP contribution in [0.5, 0.6) is 5.75 Å². The van der Waals surface area contributed by atoms with Gasteiger partial charge < -0.3 is 14.5 Å². The molecule has 1 heterocycles. The number of rotatable bonds is 4. The summed E-state index contributed by atoms with van der Waals surface area (Å²) in [5, 5.41) is 0. The van der Waals surface area contributed by atoms with Gasteiger partial charge in [-0.15, -0.1) is 0 Å². The van der Waals surface area contributed by atoms with E-state index in [2.05, 4.69) is 24.0 Å². The minimum atomic E-state index is 0.345. The Kier molecular flexibility index (Phi) is 3.31. The molecule has 16 heavy (non-hydrogen) atoms. The molecule has 0 radical (unpaired) electrons. The van der Waals surface area contributed by atoms with Crippen LogP contribution in [-0.2, 0) is 11.3 Å². The molecule has 1 aliphatic heterocycles. The average Bonchev–Trinajstić information content (AvgIpc) is 2.65. The number of benzene rings is 1. The van der Waals surface area contributed by atoms with Gasteiger partial charge in [-0.25, -0.2) is 5.90 Å². The summed E-state index contributed by atoms with van der Waals surface area (Å²) in [5.74, 6) is 6.07. The van der Waals surface area contributed by atoms with Crippen LogP contribution in [-0.4, -0.2) is 26.3 Å². The third-order valence-corrected chi connectivity index (χ3v) is 3.12. The summed E-state index contributed by atoms with van der Waals surface area (Å²) in [6, 6.07) is 6.53. The standard InChI is InChI=1S/C12H18N2O2/c1-3-14-10(8-16-13)6-9-7-11(15-2)4-5-12(9)14/h4-5,7,10H,3,6,8,13H2,1-2H3. The predicted octanol–water partition coefficient (Wildman–Crippen LogP) is 1.34. The Bertz CT molecular complexity index is 368. The van der Waals surface area contributed by atoms with Crippen molar-refractivity contribution in [2.75, 3.05) is 25.2 Å². The van der Waals surface area contributed by atoms with Crippen LogP contribution in [0.1, 0.15) is 12.5 Å². The maximum Gasteiger partial charge on any atom is 0.119 e. The molecule has 0 fully saturated rings. The Labute approximate surface area is 95.9 Å². The number of hydrogen-bond acceptors (Lipinski definition) is 4. The van der Waals surface area contributed by atoms with Gasteiger partial charge in [-0.1, -0.05) is 0 Å². The van der Waals surface area contributed by atoms with Crippen LogP contribution in [0.15, 0.2) is 18.2 Å². The van der Waals surface area contributed by atoms with Crippen LogP contribution in [0.4, 0.5) is 5.69 Å². The molecule has 0 aliphatic carbocycles. The van der Waals surface area contributed by atoms with E-state index in [-0.39, 0.29) is 0 Å². The summed E-state index contributed by atoms with van der Waals surface area (Å²) in [7, 11) is 1.69. The van der Waals surface area contributed by atoms with Crippen LogP contribution in [0.2, 0.25) is 0 Å². The summed E-state index contributed by atoms with van der Waals surface area (Å²) >= 11 is 0. The lowest BCUT2D eigenvalue weighted by molar-refractivity contribution is 0.123. The van der Waals surface area contributed by atoms with Crippen molar-refractivity contribution in [3.63, 3.8) is 0 Å². The van der Waals surface area contributed by atoms with E-state index in [1.54, 1.807) is 7.11 Å². The number of anilines is 1. The molecule has 88 valence electrons. The molecule has 0 spiro atoms. The van der Waals surface area contributed by atoms with Crippen LogP contribution in [0, 0.1) is 0 Å². The summed E-state index contributed by atoms with van der Waals surface area (Å²) < 4.78 is 5.23. The second-order valence-electron chi connectivity index (χ2n) is 3.97. The first-order chi connectivity index (χ1) is 7.80. The van der Waals surface area contributed by atoms with Crippen molar-refractivity contribution in [2.24, 2.45) is 5.90 Å². The van der Waals surface area contributed by atoms with Crippen molar-refractivity contribution in [1.29, 1.82) is 0 Å². The molecular weight excluding hydrogens is 204 g/mol. The molecule has 0 amide bonds. The van der Waals surface area contributed by atoms with Crippen molar-refractivity contribution in [2.45, 2.75) is 19.4 Å². The van der Waals surface area contributed by atoms with E-state index in [1.807, 2.05) is 6.07 Å². The van der Waals surface area contributed by atoms with Gasteiger partial charge in [0.05, 0.1) is 19.8 Å². The first kappa shape index (κ1) is 11.2. The molecular formula is C12H18N2O2. The molecule has 0 saturated heterocycles. The molecule has 2 rings (SSSR count). The fourth-order valence-electron chi connectivity index (χ4n) is 2.38. The van der Waals surface area contributed by atoms with Gasteiger partial charge in [0.1, 0.15) is 5.75 Å². The fraction of sp³-hybridized carbons (Fsp3) is 0.500. The lowest BCUT2D eigenvalue weighted by atomic mass is 10.1. The first-order valence-corrected chi connectivity index (χ1v) is 5.55. The van der Waals surface area contributed by atoms with Crippen molar-refractivity contribution >= 4 is 5.69 Å². The maximum atomic E-state index is 5.23. The Morgan fingerprint density at radius 1 is 1.50 bits per heavy atom. The zero-order chi connectivity index (χ0) is 11.5. The Balaban J connectivity index is 2.27. The van der Waals surface area contributed by atoms with Gasteiger partial charge in [0.25, 0.3) is 0 Å². The zero-order valence-electron chi connectivity index (χ0n) is 9.77. The number of hydrogen-bond donors (Lipinski definition) is 1. The van der Waals surface area contributed by atoms with E-state index in [1.165, 1.54) is 11.3 Å². The number of nitrogens with zero attached hydrogens (tertiary/aromatic N) is 1. The van der Waals surface area contributed by atoms with E-state index < -0.39 is 0 Å². The van der Waals surface area contributed by atoms with Gasteiger partial charge in [-0.05, 0) is 37.1 Å².